The first-order valence-corrected chi connectivity index (χ1v) is 6.61. The quantitative estimate of drug-likeness (QED) is 0.478. The molecule has 0 bridgehead atoms. The van der Waals surface area contributed by atoms with Crippen LogP contribution in [-0.2, 0) is 4.12 Å². The molecule has 1 nitrogen and oxygen atoms in total. The molecule has 0 unspecified atom stereocenters. The van der Waals surface area contributed by atoms with Crippen LogP contribution in [0.4, 0.5) is 0 Å². The van der Waals surface area contributed by atoms with Crippen LogP contribution >= 0.6 is 0 Å². The number of hydrogen-bond donors (Lipinski definition) is 0. The molecule has 1 radical (unpaired) electrons. The van der Waals surface area contributed by atoms with E-state index in [9.17, 15) is 0 Å². The average molecular weight is 119 g/mol. The minimum Gasteiger partial charge on any atom is -0.461 e. The predicted octanol–water partition coefficient (Wildman–Crippen LogP) is 0.386. The maximum atomic E-state index is 5.26. The third kappa shape index (κ3) is 4.39. The van der Waals surface area contributed by atoms with Crippen molar-refractivity contribution in [2.75, 3.05) is 0 Å². The van der Waals surface area contributed by atoms with Crippen molar-refractivity contribution in [3.05, 3.63) is 0 Å². The molecule has 0 saturated carbocycles. The van der Waals surface area contributed by atoms with E-state index in [-0.39, 0.29) is 0 Å². The molecule has 0 aliphatic rings. The Kier molecular flexibility index (Phi) is 3.81. The fourth-order valence-electron chi connectivity index (χ4n) is 0.272. The molecule has 0 heterocycles. The van der Waals surface area contributed by atoms with E-state index in [1.807, 2.05) is 0 Å². The fraction of sp³-hybridized carbons (Fsp3) is 1.00. The number of hydrogen-bond acceptors (Lipinski definition) is 1. The second-order valence-corrected chi connectivity index (χ2v) is 5.08. The maximum Gasteiger partial charge on any atom is 0.174 e. The van der Waals surface area contributed by atoms with Crippen molar-refractivity contribution in [1.29, 1.82) is 0 Å². The van der Waals surface area contributed by atoms with Gasteiger partial charge in [0.2, 0.25) is 0 Å². The van der Waals surface area contributed by atoms with Crippen LogP contribution in [0.25, 0.3) is 0 Å². The lowest BCUT2D eigenvalue weighted by Crippen LogP contribution is -2.08. The zero-order valence-corrected chi connectivity index (χ0v) is 6.87. The summed E-state index contributed by atoms with van der Waals surface area (Å²) >= 11 is 0. The van der Waals surface area contributed by atoms with Gasteiger partial charge < -0.3 is 4.12 Å². The van der Waals surface area contributed by atoms with Gasteiger partial charge in [-0.2, -0.15) is 0 Å². The SMILES string of the molecule is C[SiH]O[SiH](C)C. The molecule has 0 saturated heterocycles. The number of rotatable bonds is 2. The standard InChI is InChI=1S/C3H11OSi2/c1-5-4-6(2)3/h5-6H,1-3H3. The minimum atomic E-state index is -0.633. The summed E-state index contributed by atoms with van der Waals surface area (Å²) in [6.07, 6.45) is 0. The smallest absolute Gasteiger partial charge is 0.174 e. The van der Waals surface area contributed by atoms with Gasteiger partial charge in [0, 0.05) is 0 Å². The van der Waals surface area contributed by atoms with Crippen LogP contribution in [0.15, 0.2) is 0 Å². The van der Waals surface area contributed by atoms with Crippen molar-refractivity contribution in [3.63, 3.8) is 0 Å². The molecule has 6 heavy (non-hydrogen) atoms. The van der Waals surface area contributed by atoms with Crippen molar-refractivity contribution in [3.8, 4) is 0 Å². The van der Waals surface area contributed by atoms with Gasteiger partial charge in [-0.3, -0.25) is 0 Å². The molecule has 0 rings (SSSR count). The van der Waals surface area contributed by atoms with Gasteiger partial charge in [-0.25, -0.2) is 0 Å². The van der Waals surface area contributed by atoms with Crippen LogP contribution in [0.3, 0.4) is 0 Å². The highest BCUT2D eigenvalue weighted by atomic mass is 28.3. The Morgan fingerprint density at radius 2 is 2.00 bits per heavy atom. The normalized spacial score (nSPS) is 10.0. The first kappa shape index (κ1) is 6.39. The summed E-state index contributed by atoms with van der Waals surface area (Å²) in [5.74, 6) is 0. The Morgan fingerprint density at radius 3 is 2.00 bits per heavy atom. The summed E-state index contributed by atoms with van der Waals surface area (Å²) in [4.78, 5) is 0. The predicted molar refractivity (Wildman–Crippen MR) is 33.0 cm³/mol. The summed E-state index contributed by atoms with van der Waals surface area (Å²) in [5.41, 5.74) is 0. The highest BCUT2D eigenvalue weighted by Gasteiger charge is 1.87. The average Bonchev–Trinajstić information content (AvgIpc) is 1.35. The molecule has 37 valence electrons. The van der Waals surface area contributed by atoms with Crippen molar-refractivity contribution >= 4 is 18.8 Å². The van der Waals surface area contributed by atoms with E-state index in [0.29, 0.717) is 9.76 Å². The summed E-state index contributed by atoms with van der Waals surface area (Å²) in [6, 6.07) is 0. The lowest BCUT2D eigenvalue weighted by Gasteiger charge is -1.98. The van der Waals surface area contributed by atoms with Crippen LogP contribution in [0.1, 0.15) is 0 Å². The summed E-state index contributed by atoms with van der Waals surface area (Å²) < 4.78 is 5.26. The molecule has 0 aromatic heterocycles. The third-order valence-electron chi connectivity index (χ3n) is 0.408. The van der Waals surface area contributed by atoms with E-state index >= 15 is 0 Å². The third-order valence-corrected chi connectivity index (χ3v) is 3.67. The van der Waals surface area contributed by atoms with Gasteiger partial charge in [0.25, 0.3) is 0 Å². The summed E-state index contributed by atoms with van der Waals surface area (Å²) in [6.45, 7) is 6.50. The molecule has 0 amide bonds. The molecular weight excluding hydrogens is 108 g/mol. The van der Waals surface area contributed by atoms with Gasteiger partial charge in [-0.1, -0.05) is 0 Å². The molecular formula is C3H11OSi2. The molecule has 0 aromatic rings. The Bertz CT molecular complexity index is 30.0. The van der Waals surface area contributed by atoms with Crippen molar-refractivity contribution in [2.24, 2.45) is 0 Å². The van der Waals surface area contributed by atoms with E-state index < -0.39 is 9.04 Å². The van der Waals surface area contributed by atoms with Crippen molar-refractivity contribution in [2.45, 2.75) is 19.6 Å². The lowest BCUT2D eigenvalue weighted by molar-refractivity contribution is 0.630. The van der Waals surface area contributed by atoms with E-state index in [1.54, 1.807) is 0 Å². The van der Waals surface area contributed by atoms with E-state index in [2.05, 4.69) is 19.6 Å². The molecule has 0 N–H and O–H groups in total. The molecule has 0 aliphatic heterocycles. The van der Waals surface area contributed by atoms with Crippen LogP contribution in [0.2, 0.25) is 19.6 Å². The summed E-state index contributed by atoms with van der Waals surface area (Å²) in [5, 5.41) is 0. The Hall–Kier alpha value is 0.394. The minimum absolute atomic E-state index is 0.314. The van der Waals surface area contributed by atoms with Crippen LogP contribution in [-0.4, -0.2) is 18.8 Å². The second kappa shape index (κ2) is 3.58. The van der Waals surface area contributed by atoms with Crippen molar-refractivity contribution in [1.82, 2.24) is 0 Å². The molecule has 0 aliphatic carbocycles. The lowest BCUT2D eigenvalue weighted by atomic mass is 11.9. The maximum absolute atomic E-state index is 5.26. The monoisotopic (exact) mass is 119 g/mol. The van der Waals surface area contributed by atoms with Crippen LogP contribution in [0, 0.1) is 0 Å². The van der Waals surface area contributed by atoms with Crippen LogP contribution in [0.5, 0.6) is 0 Å². The highest BCUT2D eigenvalue weighted by molar-refractivity contribution is 6.55. The van der Waals surface area contributed by atoms with E-state index in [1.165, 1.54) is 0 Å². The molecule has 0 fully saturated rings. The Morgan fingerprint density at radius 1 is 1.50 bits per heavy atom. The molecule has 0 spiro atoms. The van der Waals surface area contributed by atoms with Gasteiger partial charge in [-0.15, -0.1) is 0 Å². The van der Waals surface area contributed by atoms with Gasteiger partial charge in [0.1, 0.15) is 0 Å². The topological polar surface area (TPSA) is 9.23 Å². The van der Waals surface area contributed by atoms with Gasteiger partial charge in [0.15, 0.2) is 18.8 Å². The molecule has 3 heteroatoms. The zero-order valence-electron chi connectivity index (χ0n) is 4.56. The zero-order chi connectivity index (χ0) is 4.99. The first-order chi connectivity index (χ1) is 2.77. The highest BCUT2D eigenvalue weighted by Crippen LogP contribution is 1.77. The van der Waals surface area contributed by atoms with Crippen LogP contribution < -0.4 is 0 Å². The Labute approximate surface area is 43.4 Å². The van der Waals surface area contributed by atoms with Gasteiger partial charge in [-0.05, 0) is 19.6 Å². The Balaban J connectivity index is 2.63. The van der Waals surface area contributed by atoms with Gasteiger partial charge in [0.05, 0.1) is 0 Å². The first-order valence-electron chi connectivity index (χ1n) is 2.20. The van der Waals surface area contributed by atoms with E-state index in [0.717, 1.165) is 0 Å². The largest absolute Gasteiger partial charge is 0.461 e. The molecule has 0 atom stereocenters. The van der Waals surface area contributed by atoms with Crippen molar-refractivity contribution < 1.29 is 4.12 Å². The molecule has 0 aromatic carbocycles. The fourth-order valence-corrected chi connectivity index (χ4v) is 2.45. The second-order valence-electron chi connectivity index (χ2n) is 1.42. The summed E-state index contributed by atoms with van der Waals surface area (Å²) in [7, 11) is -0.319. The van der Waals surface area contributed by atoms with Gasteiger partial charge >= 0.3 is 0 Å². The van der Waals surface area contributed by atoms with E-state index in [4.69, 9.17) is 4.12 Å².